The summed E-state index contributed by atoms with van der Waals surface area (Å²) in [5, 5.41) is 0.748. The lowest BCUT2D eigenvalue weighted by Crippen LogP contribution is -2.32. The molecule has 4 heteroatoms. The highest BCUT2D eigenvalue weighted by molar-refractivity contribution is 6.30. The highest BCUT2D eigenvalue weighted by Gasteiger charge is 2.25. The predicted octanol–water partition coefficient (Wildman–Crippen LogP) is 4.02. The van der Waals surface area contributed by atoms with Gasteiger partial charge in [0.2, 0.25) is 0 Å². The van der Waals surface area contributed by atoms with Gasteiger partial charge in [0.1, 0.15) is 11.5 Å². The number of nitrogens with zero attached hydrogens (tertiary/aromatic N) is 1. The van der Waals surface area contributed by atoms with Crippen LogP contribution in [0, 0.1) is 0 Å². The van der Waals surface area contributed by atoms with Crippen molar-refractivity contribution in [2.24, 2.45) is 0 Å². The Morgan fingerprint density at radius 3 is 2.71 bits per heavy atom. The van der Waals surface area contributed by atoms with Crippen molar-refractivity contribution < 1.29 is 9.47 Å². The summed E-state index contributed by atoms with van der Waals surface area (Å²) in [5.74, 6) is 1.97. The minimum atomic E-state index is 0.549. The molecular formula is C17H16ClNO2. The molecule has 2 aliphatic rings. The molecule has 0 aliphatic carbocycles. The SMILES string of the molecule is Clc1ccc(N2COc3ccc4c(c3C2)OCCC4)cc1. The summed E-state index contributed by atoms with van der Waals surface area (Å²) in [4.78, 5) is 2.19. The van der Waals surface area contributed by atoms with E-state index in [0.717, 1.165) is 53.8 Å². The smallest absolute Gasteiger partial charge is 0.161 e. The molecule has 4 rings (SSSR count). The van der Waals surface area contributed by atoms with Gasteiger partial charge < -0.3 is 14.4 Å². The molecule has 3 nitrogen and oxygen atoms in total. The van der Waals surface area contributed by atoms with E-state index in [9.17, 15) is 0 Å². The van der Waals surface area contributed by atoms with Crippen molar-refractivity contribution in [3.63, 3.8) is 0 Å². The summed E-state index contributed by atoms with van der Waals surface area (Å²) >= 11 is 5.96. The predicted molar refractivity (Wildman–Crippen MR) is 83.4 cm³/mol. The van der Waals surface area contributed by atoms with Gasteiger partial charge >= 0.3 is 0 Å². The topological polar surface area (TPSA) is 21.7 Å². The second-order valence-corrected chi connectivity index (χ2v) is 5.87. The van der Waals surface area contributed by atoms with Crippen molar-refractivity contribution in [3.05, 3.63) is 52.5 Å². The van der Waals surface area contributed by atoms with Crippen LogP contribution < -0.4 is 14.4 Å². The fourth-order valence-corrected chi connectivity index (χ4v) is 3.08. The monoisotopic (exact) mass is 301 g/mol. The molecule has 0 bridgehead atoms. The molecule has 0 atom stereocenters. The average Bonchev–Trinajstić information content (AvgIpc) is 2.55. The largest absolute Gasteiger partial charge is 0.493 e. The van der Waals surface area contributed by atoms with Crippen molar-refractivity contribution in [1.82, 2.24) is 0 Å². The first kappa shape index (κ1) is 12.8. The third-order valence-electron chi connectivity index (χ3n) is 4.05. The van der Waals surface area contributed by atoms with E-state index in [0.29, 0.717) is 6.73 Å². The second-order valence-electron chi connectivity index (χ2n) is 5.43. The zero-order valence-electron chi connectivity index (χ0n) is 11.6. The van der Waals surface area contributed by atoms with Gasteiger partial charge in [-0.2, -0.15) is 0 Å². The maximum Gasteiger partial charge on any atom is 0.161 e. The van der Waals surface area contributed by atoms with E-state index >= 15 is 0 Å². The van der Waals surface area contributed by atoms with Crippen LogP contribution in [-0.4, -0.2) is 13.3 Å². The van der Waals surface area contributed by atoms with Gasteiger partial charge in [-0.05, 0) is 48.7 Å². The number of rotatable bonds is 1. The molecule has 0 N–H and O–H groups in total. The summed E-state index contributed by atoms with van der Waals surface area (Å²) in [6.45, 7) is 2.15. The number of halogens is 1. The van der Waals surface area contributed by atoms with Crippen LogP contribution in [-0.2, 0) is 13.0 Å². The quantitative estimate of drug-likeness (QED) is 0.794. The molecule has 0 unspecified atom stereocenters. The third kappa shape index (κ3) is 2.32. The van der Waals surface area contributed by atoms with Crippen LogP contribution in [0.2, 0.25) is 5.02 Å². The number of anilines is 1. The van der Waals surface area contributed by atoms with Crippen LogP contribution in [0.25, 0.3) is 0 Å². The van der Waals surface area contributed by atoms with Crippen LogP contribution >= 0.6 is 11.6 Å². The number of hydrogen-bond donors (Lipinski definition) is 0. The van der Waals surface area contributed by atoms with Crippen molar-refractivity contribution in [2.75, 3.05) is 18.2 Å². The van der Waals surface area contributed by atoms with Gasteiger partial charge in [-0.1, -0.05) is 17.7 Å². The Kier molecular flexibility index (Phi) is 3.15. The van der Waals surface area contributed by atoms with Gasteiger partial charge in [-0.15, -0.1) is 0 Å². The summed E-state index contributed by atoms with van der Waals surface area (Å²) in [5.41, 5.74) is 3.56. The summed E-state index contributed by atoms with van der Waals surface area (Å²) in [6.07, 6.45) is 2.18. The standard InChI is InChI=1S/C17H16ClNO2/c18-13-4-6-14(7-5-13)19-10-15-16(21-11-19)8-3-12-2-1-9-20-17(12)15/h3-8H,1-2,9-11H2. The Labute approximate surface area is 129 Å². The fraction of sp³-hybridized carbons (Fsp3) is 0.294. The summed E-state index contributed by atoms with van der Waals surface area (Å²) in [6, 6.07) is 12.1. The minimum absolute atomic E-state index is 0.549. The molecule has 0 radical (unpaired) electrons. The molecule has 0 saturated carbocycles. The van der Waals surface area contributed by atoms with Gasteiger partial charge in [-0.3, -0.25) is 0 Å². The first-order valence-electron chi connectivity index (χ1n) is 7.22. The number of hydrogen-bond acceptors (Lipinski definition) is 3. The molecule has 108 valence electrons. The van der Waals surface area contributed by atoms with Crippen LogP contribution in [0.15, 0.2) is 36.4 Å². The maximum atomic E-state index is 5.96. The molecule has 2 aromatic rings. The van der Waals surface area contributed by atoms with Gasteiger partial charge in [0.25, 0.3) is 0 Å². The highest BCUT2D eigenvalue weighted by Crippen LogP contribution is 2.39. The molecule has 0 amide bonds. The molecule has 2 aliphatic heterocycles. The lowest BCUT2D eigenvalue weighted by Gasteiger charge is -2.33. The lowest BCUT2D eigenvalue weighted by molar-refractivity contribution is 0.260. The second kappa shape index (κ2) is 5.15. The van der Waals surface area contributed by atoms with E-state index in [-0.39, 0.29) is 0 Å². The van der Waals surface area contributed by atoms with Crippen LogP contribution in [0.5, 0.6) is 11.5 Å². The molecule has 0 spiro atoms. The normalized spacial score (nSPS) is 16.5. The molecule has 2 heterocycles. The maximum absolute atomic E-state index is 5.96. The molecule has 0 fully saturated rings. The lowest BCUT2D eigenvalue weighted by atomic mass is 10.0. The van der Waals surface area contributed by atoms with Crippen LogP contribution in [0.3, 0.4) is 0 Å². The van der Waals surface area contributed by atoms with Crippen molar-refractivity contribution in [1.29, 1.82) is 0 Å². The molecule has 2 aromatic carbocycles. The third-order valence-corrected chi connectivity index (χ3v) is 4.30. The first-order valence-corrected chi connectivity index (χ1v) is 7.60. The minimum Gasteiger partial charge on any atom is -0.493 e. The average molecular weight is 302 g/mol. The Morgan fingerprint density at radius 2 is 1.86 bits per heavy atom. The molecule has 21 heavy (non-hydrogen) atoms. The fourth-order valence-electron chi connectivity index (χ4n) is 2.96. The molecular weight excluding hydrogens is 286 g/mol. The number of benzene rings is 2. The summed E-state index contributed by atoms with van der Waals surface area (Å²) in [7, 11) is 0. The van der Waals surface area contributed by atoms with E-state index in [1.807, 2.05) is 24.3 Å². The zero-order valence-corrected chi connectivity index (χ0v) is 12.4. The van der Waals surface area contributed by atoms with E-state index in [4.69, 9.17) is 21.1 Å². The van der Waals surface area contributed by atoms with Gasteiger partial charge in [-0.25, -0.2) is 0 Å². The van der Waals surface area contributed by atoms with Crippen molar-refractivity contribution in [2.45, 2.75) is 19.4 Å². The Hall–Kier alpha value is -1.87. The van der Waals surface area contributed by atoms with E-state index in [2.05, 4.69) is 17.0 Å². The van der Waals surface area contributed by atoms with E-state index in [1.165, 1.54) is 5.56 Å². The first-order chi connectivity index (χ1) is 10.3. The zero-order chi connectivity index (χ0) is 14.2. The Bertz CT molecular complexity index is 669. The van der Waals surface area contributed by atoms with Gasteiger partial charge in [0.15, 0.2) is 6.73 Å². The molecule has 0 saturated heterocycles. The Morgan fingerprint density at radius 1 is 1.00 bits per heavy atom. The van der Waals surface area contributed by atoms with E-state index < -0.39 is 0 Å². The number of aryl methyl sites for hydroxylation is 1. The summed E-state index contributed by atoms with van der Waals surface area (Å²) < 4.78 is 11.8. The van der Waals surface area contributed by atoms with Gasteiger partial charge in [0, 0.05) is 10.7 Å². The molecule has 0 aromatic heterocycles. The van der Waals surface area contributed by atoms with Crippen molar-refractivity contribution in [3.8, 4) is 11.5 Å². The van der Waals surface area contributed by atoms with Gasteiger partial charge in [0.05, 0.1) is 18.7 Å². The number of ether oxygens (including phenoxy) is 2. The Balaban J connectivity index is 1.69. The highest BCUT2D eigenvalue weighted by atomic mass is 35.5. The van der Waals surface area contributed by atoms with Crippen LogP contribution in [0.4, 0.5) is 5.69 Å². The number of fused-ring (bicyclic) bond motifs is 3. The van der Waals surface area contributed by atoms with E-state index in [1.54, 1.807) is 0 Å². The van der Waals surface area contributed by atoms with Crippen molar-refractivity contribution >= 4 is 17.3 Å². The van der Waals surface area contributed by atoms with Crippen LogP contribution in [0.1, 0.15) is 17.5 Å².